The van der Waals surface area contributed by atoms with Crippen LogP contribution in [0.15, 0.2) is 142 Å². The van der Waals surface area contributed by atoms with Crippen LogP contribution in [0.1, 0.15) is 0 Å². The maximum absolute atomic E-state index is 6.50. The van der Waals surface area contributed by atoms with Crippen LogP contribution in [0.25, 0.3) is 88.6 Å². The van der Waals surface area contributed by atoms with Gasteiger partial charge in [0.1, 0.15) is 11.0 Å². The fraction of sp³-hybridized carbons (Fsp3) is 0. The summed E-state index contributed by atoms with van der Waals surface area (Å²) in [5.74, 6) is 1.07. The molecule has 0 unspecified atom stereocenters. The molecule has 2 aromatic heterocycles. The minimum Gasteiger partial charge on any atom is -0.436 e. The fourth-order valence-electron chi connectivity index (χ4n) is 6.09. The molecule has 4 nitrogen and oxygen atoms in total. The highest BCUT2D eigenvalue weighted by atomic mass is 16.4. The zero-order valence-electron chi connectivity index (χ0n) is 22.4. The van der Waals surface area contributed by atoms with Crippen molar-refractivity contribution in [2.75, 3.05) is 0 Å². The monoisotopic (exact) mass is 538 g/mol. The highest BCUT2D eigenvalue weighted by molar-refractivity contribution is 6.13. The van der Waals surface area contributed by atoms with Crippen LogP contribution in [0, 0.1) is 0 Å². The summed E-state index contributed by atoms with van der Waals surface area (Å²) in [5, 5.41) is 6.90. The van der Waals surface area contributed by atoms with Gasteiger partial charge < -0.3 is 8.83 Å². The lowest BCUT2D eigenvalue weighted by Crippen LogP contribution is -1.94. The van der Waals surface area contributed by atoms with E-state index < -0.39 is 0 Å². The van der Waals surface area contributed by atoms with Crippen molar-refractivity contribution in [1.82, 2.24) is 9.97 Å². The Hall–Kier alpha value is -5.74. The third-order valence-electron chi connectivity index (χ3n) is 8.08. The van der Waals surface area contributed by atoms with Gasteiger partial charge in [-0.2, -0.15) is 0 Å². The summed E-state index contributed by atoms with van der Waals surface area (Å²) >= 11 is 0. The van der Waals surface area contributed by atoms with Crippen LogP contribution >= 0.6 is 0 Å². The van der Waals surface area contributed by atoms with Gasteiger partial charge in [-0.3, -0.25) is 0 Å². The summed E-state index contributed by atoms with van der Waals surface area (Å²) in [6, 6.07) is 46.0. The molecule has 0 spiro atoms. The Morgan fingerprint density at radius 3 is 1.69 bits per heavy atom. The first-order chi connectivity index (χ1) is 20.8. The third kappa shape index (κ3) is 3.55. The van der Waals surface area contributed by atoms with E-state index in [1.54, 1.807) is 0 Å². The van der Waals surface area contributed by atoms with E-state index in [-0.39, 0.29) is 0 Å². The van der Waals surface area contributed by atoms with Gasteiger partial charge in [0.15, 0.2) is 11.2 Å². The van der Waals surface area contributed by atoms with Crippen molar-refractivity contribution < 1.29 is 8.83 Å². The number of para-hydroxylation sites is 4. The molecule has 7 aromatic carbocycles. The minimum atomic E-state index is 0.533. The lowest BCUT2D eigenvalue weighted by molar-refractivity contribution is 0.612. The highest BCUT2D eigenvalue weighted by Crippen LogP contribution is 2.46. The number of nitrogens with zero attached hydrogens (tertiary/aromatic N) is 2. The van der Waals surface area contributed by atoms with Gasteiger partial charge >= 0.3 is 0 Å². The van der Waals surface area contributed by atoms with Gasteiger partial charge in [-0.25, -0.2) is 9.97 Å². The summed E-state index contributed by atoms with van der Waals surface area (Å²) in [6.07, 6.45) is 0. The summed E-state index contributed by atoms with van der Waals surface area (Å²) in [4.78, 5) is 9.95. The lowest BCUT2D eigenvalue weighted by Gasteiger charge is -2.17. The average molecular weight is 539 g/mol. The highest BCUT2D eigenvalue weighted by Gasteiger charge is 2.25. The topological polar surface area (TPSA) is 52.1 Å². The van der Waals surface area contributed by atoms with E-state index in [0.29, 0.717) is 11.8 Å². The second-order valence-corrected chi connectivity index (χ2v) is 10.6. The van der Waals surface area contributed by atoms with Crippen LogP contribution < -0.4 is 0 Å². The van der Waals surface area contributed by atoms with Crippen molar-refractivity contribution in [1.29, 1.82) is 0 Å². The smallest absolute Gasteiger partial charge is 0.228 e. The Labute approximate surface area is 240 Å². The molecule has 4 heteroatoms. The summed E-state index contributed by atoms with van der Waals surface area (Å²) in [7, 11) is 0. The minimum absolute atomic E-state index is 0.533. The van der Waals surface area contributed by atoms with E-state index >= 15 is 0 Å². The molecule has 0 aliphatic carbocycles. The number of fused-ring (bicyclic) bond motifs is 5. The number of oxazole rings is 2. The molecule has 0 atom stereocenters. The van der Waals surface area contributed by atoms with E-state index in [0.717, 1.165) is 55.2 Å². The molecule has 0 N–H and O–H groups in total. The molecule has 0 saturated carbocycles. The first kappa shape index (κ1) is 23.0. The Balaban J connectivity index is 1.47. The summed E-state index contributed by atoms with van der Waals surface area (Å²) < 4.78 is 12.9. The number of benzene rings is 7. The first-order valence-electron chi connectivity index (χ1n) is 14.0. The van der Waals surface area contributed by atoms with Gasteiger partial charge in [-0.15, -0.1) is 0 Å². The van der Waals surface area contributed by atoms with E-state index in [1.807, 2.05) is 48.5 Å². The Morgan fingerprint density at radius 2 is 0.976 bits per heavy atom. The normalized spacial score (nSPS) is 11.8. The van der Waals surface area contributed by atoms with Crippen LogP contribution in [0.5, 0.6) is 0 Å². The number of rotatable bonds is 3. The molecule has 9 aromatic rings. The molecule has 0 saturated heterocycles. The molecule has 42 heavy (non-hydrogen) atoms. The Bertz CT molecular complexity index is 2420. The zero-order chi connectivity index (χ0) is 27.6. The Kier molecular flexibility index (Phi) is 4.87. The molecule has 0 aliphatic heterocycles. The second-order valence-electron chi connectivity index (χ2n) is 10.6. The molecule has 0 bridgehead atoms. The first-order valence-corrected chi connectivity index (χ1v) is 14.0. The molecular weight excluding hydrogens is 516 g/mol. The maximum Gasteiger partial charge on any atom is 0.228 e. The molecule has 0 fully saturated rings. The van der Waals surface area contributed by atoms with Gasteiger partial charge in [0.2, 0.25) is 11.8 Å². The van der Waals surface area contributed by atoms with Crippen molar-refractivity contribution in [3.63, 3.8) is 0 Å². The van der Waals surface area contributed by atoms with Crippen LogP contribution in [0.4, 0.5) is 0 Å². The molecule has 9 rings (SSSR count). The summed E-state index contributed by atoms with van der Waals surface area (Å²) in [5.41, 5.74) is 6.89. The van der Waals surface area contributed by atoms with E-state index in [9.17, 15) is 0 Å². The molecule has 0 radical (unpaired) electrons. The van der Waals surface area contributed by atoms with Crippen molar-refractivity contribution in [2.24, 2.45) is 0 Å². The second kappa shape index (κ2) is 8.88. The molecular formula is C38H22N2O2. The fourth-order valence-corrected chi connectivity index (χ4v) is 6.09. The predicted molar refractivity (Wildman–Crippen MR) is 170 cm³/mol. The van der Waals surface area contributed by atoms with Crippen molar-refractivity contribution in [3.8, 4) is 34.0 Å². The predicted octanol–water partition coefficient (Wildman–Crippen LogP) is 10.4. The number of hydrogen-bond acceptors (Lipinski definition) is 4. The quantitative estimate of drug-likeness (QED) is 0.210. The number of aromatic nitrogens is 2. The van der Waals surface area contributed by atoms with E-state index in [1.165, 1.54) is 21.5 Å². The van der Waals surface area contributed by atoms with Crippen LogP contribution in [-0.4, -0.2) is 9.97 Å². The molecule has 0 aliphatic rings. The standard InChI is InChI=1S/C38H22N2O2/c1-2-10-24-19-27(18-17-23(24)9-1)35-29-21-26-12-4-3-11-25(26)20-28(29)22-30(37-39-31-13-5-7-15-33(31)41-37)36(35)38-40-32-14-6-8-16-34(32)42-38/h1-22H. The Morgan fingerprint density at radius 1 is 0.405 bits per heavy atom. The van der Waals surface area contributed by atoms with Crippen LogP contribution in [-0.2, 0) is 0 Å². The van der Waals surface area contributed by atoms with Gasteiger partial charge in [0.25, 0.3) is 0 Å². The lowest BCUT2D eigenvalue weighted by atomic mass is 9.87. The van der Waals surface area contributed by atoms with Gasteiger partial charge in [0, 0.05) is 5.56 Å². The third-order valence-corrected chi connectivity index (χ3v) is 8.08. The molecule has 196 valence electrons. The average Bonchev–Trinajstić information content (AvgIpc) is 3.67. The van der Waals surface area contributed by atoms with Gasteiger partial charge in [-0.05, 0) is 86.4 Å². The van der Waals surface area contributed by atoms with E-state index in [2.05, 4.69) is 84.9 Å². The number of hydrogen-bond donors (Lipinski definition) is 0. The van der Waals surface area contributed by atoms with E-state index in [4.69, 9.17) is 18.8 Å². The van der Waals surface area contributed by atoms with Crippen molar-refractivity contribution in [3.05, 3.63) is 133 Å². The van der Waals surface area contributed by atoms with Gasteiger partial charge in [0.05, 0.1) is 11.1 Å². The largest absolute Gasteiger partial charge is 0.436 e. The van der Waals surface area contributed by atoms with Crippen molar-refractivity contribution in [2.45, 2.75) is 0 Å². The van der Waals surface area contributed by atoms with Crippen molar-refractivity contribution >= 4 is 54.5 Å². The SMILES string of the molecule is c1ccc2cc(-c3c(-c4nc5ccccc5o4)c(-c4nc5ccccc5o4)cc4cc5ccccc5cc34)ccc2c1. The maximum atomic E-state index is 6.50. The molecule has 0 amide bonds. The zero-order valence-corrected chi connectivity index (χ0v) is 22.4. The molecule has 2 heterocycles. The van der Waals surface area contributed by atoms with Crippen LogP contribution in [0.2, 0.25) is 0 Å². The van der Waals surface area contributed by atoms with Gasteiger partial charge in [-0.1, -0.05) is 84.9 Å². The van der Waals surface area contributed by atoms with Crippen LogP contribution in [0.3, 0.4) is 0 Å². The summed E-state index contributed by atoms with van der Waals surface area (Å²) in [6.45, 7) is 0.